The van der Waals surface area contributed by atoms with Gasteiger partial charge in [0, 0.05) is 47.9 Å². The molecule has 224 valence electrons. The van der Waals surface area contributed by atoms with Gasteiger partial charge in [0.25, 0.3) is 11.8 Å². The molecule has 9 heteroatoms. The number of hydrogen-bond donors (Lipinski definition) is 3. The zero-order chi connectivity index (χ0) is 30.6. The van der Waals surface area contributed by atoms with Crippen molar-refractivity contribution in [3.05, 3.63) is 101 Å². The third-order valence-electron chi connectivity index (χ3n) is 7.03. The van der Waals surface area contributed by atoms with E-state index in [-0.39, 0.29) is 24.1 Å². The number of anilines is 1. The third kappa shape index (κ3) is 9.48. The fraction of sp³-hybridized carbons (Fsp3) is 0.364. The Morgan fingerprint density at radius 1 is 0.857 bits per heavy atom. The molecular formula is C33H40F2N4O3. The molecule has 0 aromatic heterocycles. The zero-order valence-electron chi connectivity index (χ0n) is 24.4. The smallest absolute Gasteiger partial charge is 0.253 e. The van der Waals surface area contributed by atoms with Gasteiger partial charge in [-0.3, -0.25) is 14.4 Å². The summed E-state index contributed by atoms with van der Waals surface area (Å²) in [6.07, 6.45) is 2.20. The Bertz CT molecular complexity index is 1330. The van der Waals surface area contributed by atoms with E-state index in [2.05, 4.69) is 10.6 Å². The summed E-state index contributed by atoms with van der Waals surface area (Å²) in [6.45, 7) is 7.01. The number of rotatable bonds is 14. The van der Waals surface area contributed by atoms with Gasteiger partial charge in [0.2, 0.25) is 5.91 Å². The number of carbonyl (C=O) groups excluding carboxylic acids is 3. The number of nitrogens with two attached hydrogens (primary N) is 1. The highest BCUT2D eigenvalue weighted by Crippen LogP contribution is 2.17. The number of amides is 3. The van der Waals surface area contributed by atoms with Gasteiger partial charge in [-0.25, -0.2) is 8.78 Å². The summed E-state index contributed by atoms with van der Waals surface area (Å²) >= 11 is 0. The maximum Gasteiger partial charge on any atom is 0.253 e. The van der Waals surface area contributed by atoms with Crippen LogP contribution in [0.2, 0.25) is 0 Å². The van der Waals surface area contributed by atoms with Crippen molar-refractivity contribution in [1.82, 2.24) is 10.2 Å². The van der Waals surface area contributed by atoms with Gasteiger partial charge in [-0.15, -0.1) is 0 Å². The van der Waals surface area contributed by atoms with Crippen LogP contribution < -0.4 is 16.4 Å². The molecule has 3 amide bonds. The molecule has 0 aliphatic rings. The SMILES string of the molecule is CCCN(CCC)C(=O)c1cccc(C(=O)N[C@@H](Cc2ccc(F)cc2)[C@@H](N)C[C@@H](C)C(=O)Nc2ccc(F)cc2)c1. The molecule has 4 N–H and O–H groups in total. The lowest BCUT2D eigenvalue weighted by Crippen LogP contribution is -2.50. The van der Waals surface area contributed by atoms with E-state index < -0.39 is 29.7 Å². The van der Waals surface area contributed by atoms with Crippen LogP contribution in [0.3, 0.4) is 0 Å². The van der Waals surface area contributed by atoms with Gasteiger partial charge >= 0.3 is 0 Å². The summed E-state index contributed by atoms with van der Waals surface area (Å²) in [7, 11) is 0. The monoisotopic (exact) mass is 578 g/mol. The lowest BCUT2D eigenvalue weighted by Gasteiger charge is -2.27. The second kappa shape index (κ2) is 15.8. The van der Waals surface area contributed by atoms with Crippen molar-refractivity contribution in [3.8, 4) is 0 Å². The molecule has 3 atom stereocenters. The molecule has 0 heterocycles. The highest BCUT2D eigenvalue weighted by molar-refractivity contribution is 5.99. The maximum absolute atomic E-state index is 13.5. The quantitative estimate of drug-likeness (QED) is 0.233. The van der Waals surface area contributed by atoms with Gasteiger partial charge in [0.1, 0.15) is 11.6 Å². The molecule has 0 radical (unpaired) electrons. The fourth-order valence-electron chi connectivity index (χ4n) is 4.74. The second-order valence-corrected chi connectivity index (χ2v) is 10.6. The van der Waals surface area contributed by atoms with Crippen molar-refractivity contribution in [3.63, 3.8) is 0 Å². The average molecular weight is 579 g/mol. The minimum Gasteiger partial charge on any atom is -0.347 e. The van der Waals surface area contributed by atoms with Crippen molar-refractivity contribution in [1.29, 1.82) is 0 Å². The van der Waals surface area contributed by atoms with Crippen LogP contribution in [0.5, 0.6) is 0 Å². The molecule has 0 fully saturated rings. The van der Waals surface area contributed by atoms with Crippen LogP contribution in [0.15, 0.2) is 72.8 Å². The van der Waals surface area contributed by atoms with Gasteiger partial charge in [0.15, 0.2) is 0 Å². The first-order valence-corrected chi connectivity index (χ1v) is 14.4. The predicted molar refractivity (Wildman–Crippen MR) is 161 cm³/mol. The summed E-state index contributed by atoms with van der Waals surface area (Å²) in [5, 5.41) is 5.74. The Balaban J connectivity index is 1.76. The van der Waals surface area contributed by atoms with Crippen LogP contribution in [0.25, 0.3) is 0 Å². The van der Waals surface area contributed by atoms with Crippen molar-refractivity contribution in [2.45, 2.75) is 58.5 Å². The molecular weight excluding hydrogens is 538 g/mol. The van der Waals surface area contributed by atoms with Gasteiger partial charge in [-0.2, -0.15) is 0 Å². The van der Waals surface area contributed by atoms with E-state index in [0.717, 1.165) is 18.4 Å². The normalized spacial score (nSPS) is 13.1. The number of halogens is 2. The number of nitrogens with one attached hydrogen (secondary N) is 2. The van der Waals surface area contributed by atoms with E-state index in [4.69, 9.17) is 5.73 Å². The van der Waals surface area contributed by atoms with Crippen LogP contribution in [-0.2, 0) is 11.2 Å². The summed E-state index contributed by atoms with van der Waals surface area (Å²) in [4.78, 5) is 41.1. The van der Waals surface area contributed by atoms with Crippen molar-refractivity contribution in [2.24, 2.45) is 11.7 Å². The molecule has 0 saturated carbocycles. The first-order valence-electron chi connectivity index (χ1n) is 14.4. The van der Waals surface area contributed by atoms with Crippen LogP contribution in [0.1, 0.15) is 66.3 Å². The molecule has 3 rings (SSSR count). The second-order valence-electron chi connectivity index (χ2n) is 10.6. The highest BCUT2D eigenvalue weighted by Gasteiger charge is 2.26. The average Bonchev–Trinajstić information content (AvgIpc) is 2.98. The van der Waals surface area contributed by atoms with E-state index in [9.17, 15) is 23.2 Å². The van der Waals surface area contributed by atoms with Crippen LogP contribution >= 0.6 is 0 Å². The first-order chi connectivity index (χ1) is 20.1. The molecule has 0 unspecified atom stereocenters. The number of nitrogens with zero attached hydrogens (tertiary/aromatic N) is 1. The van der Waals surface area contributed by atoms with E-state index in [1.54, 1.807) is 48.2 Å². The Morgan fingerprint density at radius 3 is 2.02 bits per heavy atom. The molecule has 0 spiro atoms. The van der Waals surface area contributed by atoms with Crippen molar-refractivity contribution < 1.29 is 23.2 Å². The lowest BCUT2D eigenvalue weighted by molar-refractivity contribution is -0.119. The standard InChI is InChI=1S/C33H40F2N4O3/c1-4-17-39(18-5-2)33(42)25-8-6-7-24(21-25)32(41)38-30(20-23-9-11-26(34)12-10-23)29(36)19-22(3)31(40)37-28-15-13-27(35)14-16-28/h6-16,21-22,29-30H,4-5,17-20,36H2,1-3H3,(H,37,40)(H,38,41)/t22-,29+,30+/m1/s1. The molecule has 7 nitrogen and oxygen atoms in total. The van der Waals surface area contributed by atoms with E-state index in [1.165, 1.54) is 36.4 Å². The summed E-state index contributed by atoms with van der Waals surface area (Å²) < 4.78 is 26.8. The Labute approximate surface area is 246 Å². The van der Waals surface area contributed by atoms with E-state index in [1.807, 2.05) is 13.8 Å². The van der Waals surface area contributed by atoms with Gasteiger partial charge in [-0.1, -0.05) is 39.0 Å². The van der Waals surface area contributed by atoms with Gasteiger partial charge in [-0.05, 0) is 85.8 Å². The number of hydrogen-bond acceptors (Lipinski definition) is 4. The summed E-state index contributed by atoms with van der Waals surface area (Å²) in [5.41, 5.74) is 8.54. The van der Waals surface area contributed by atoms with Crippen molar-refractivity contribution >= 4 is 23.4 Å². The molecule has 0 saturated heterocycles. The first kappa shape index (κ1) is 32.4. The lowest BCUT2D eigenvalue weighted by atomic mass is 9.91. The van der Waals surface area contributed by atoms with Crippen LogP contribution in [-0.4, -0.2) is 47.8 Å². The fourth-order valence-corrected chi connectivity index (χ4v) is 4.74. The molecule has 42 heavy (non-hydrogen) atoms. The molecule has 0 aliphatic heterocycles. The number of benzene rings is 3. The molecule has 3 aromatic rings. The molecule has 0 bridgehead atoms. The van der Waals surface area contributed by atoms with Gasteiger partial charge < -0.3 is 21.3 Å². The number of carbonyl (C=O) groups is 3. The summed E-state index contributed by atoms with van der Waals surface area (Å²) in [5.74, 6) is -2.14. The molecule has 0 aliphatic carbocycles. The van der Waals surface area contributed by atoms with Crippen LogP contribution in [0, 0.1) is 17.6 Å². The predicted octanol–water partition coefficient (Wildman–Crippen LogP) is 5.56. The van der Waals surface area contributed by atoms with E-state index >= 15 is 0 Å². The Hall–Kier alpha value is -4.11. The highest BCUT2D eigenvalue weighted by atomic mass is 19.1. The minimum atomic E-state index is -0.637. The Kier molecular flexibility index (Phi) is 12.2. The zero-order valence-corrected chi connectivity index (χ0v) is 24.4. The van der Waals surface area contributed by atoms with Gasteiger partial charge in [0.05, 0.1) is 0 Å². The summed E-state index contributed by atoms with van der Waals surface area (Å²) in [6, 6.07) is 16.7. The third-order valence-corrected chi connectivity index (χ3v) is 7.03. The molecule has 3 aromatic carbocycles. The topological polar surface area (TPSA) is 105 Å². The van der Waals surface area contributed by atoms with Crippen LogP contribution in [0.4, 0.5) is 14.5 Å². The minimum absolute atomic E-state index is 0.131. The largest absolute Gasteiger partial charge is 0.347 e. The maximum atomic E-state index is 13.5. The Morgan fingerprint density at radius 2 is 1.43 bits per heavy atom. The van der Waals surface area contributed by atoms with E-state index in [0.29, 0.717) is 36.3 Å². The van der Waals surface area contributed by atoms with Crippen molar-refractivity contribution in [2.75, 3.05) is 18.4 Å².